The van der Waals surface area contributed by atoms with E-state index in [0.29, 0.717) is 18.3 Å². The fourth-order valence-corrected chi connectivity index (χ4v) is 6.20. The smallest absolute Gasteiger partial charge is 0.0705 e. The van der Waals surface area contributed by atoms with Gasteiger partial charge in [0.15, 0.2) is 0 Å². The van der Waals surface area contributed by atoms with E-state index in [1.54, 1.807) is 12.4 Å². The van der Waals surface area contributed by atoms with E-state index in [4.69, 9.17) is 17.1 Å². The molecule has 1 aromatic heterocycles. The van der Waals surface area contributed by atoms with Crippen LogP contribution < -0.4 is 0 Å². The first kappa shape index (κ1) is 14.3. The summed E-state index contributed by atoms with van der Waals surface area (Å²) in [5.41, 5.74) is 9.08. The average molecular weight is 319 g/mol. The lowest BCUT2D eigenvalue weighted by molar-refractivity contribution is -0.170. The van der Waals surface area contributed by atoms with Gasteiger partial charge in [0.2, 0.25) is 0 Å². The molecule has 0 aliphatic heterocycles. The molecule has 4 fully saturated rings. The van der Waals surface area contributed by atoms with Gasteiger partial charge in [-0.05, 0) is 61.1 Å². The molecule has 4 aliphatic carbocycles. The Balaban J connectivity index is 1.76. The molecule has 0 amide bonds. The molecule has 5 rings (SSSR count). The molecular weight excluding hydrogens is 300 g/mol. The van der Waals surface area contributed by atoms with Crippen molar-refractivity contribution in [1.29, 1.82) is 0 Å². The third-order valence-corrected chi connectivity index (χ3v) is 6.30. The third-order valence-electron chi connectivity index (χ3n) is 5.85. The molecule has 0 saturated heterocycles. The van der Waals surface area contributed by atoms with Crippen molar-refractivity contribution in [2.24, 2.45) is 22.9 Å². The first-order valence-electron chi connectivity index (χ1n) is 7.88. The molecule has 5 nitrogen and oxygen atoms in total. The van der Waals surface area contributed by atoms with Gasteiger partial charge < -0.3 is 5.11 Å². The van der Waals surface area contributed by atoms with Gasteiger partial charge in [0.05, 0.1) is 11.6 Å². The molecule has 1 aromatic rings. The Morgan fingerprint density at radius 1 is 1.45 bits per heavy atom. The Morgan fingerprint density at radius 2 is 2.32 bits per heavy atom. The molecule has 0 spiro atoms. The second-order valence-corrected chi connectivity index (χ2v) is 8.17. The molecule has 4 aliphatic rings. The number of hydrogen-bond donors (Lipinski definition) is 1. The normalized spacial score (nSPS) is 43.6. The summed E-state index contributed by atoms with van der Waals surface area (Å²) in [6, 6.07) is 3.41. The molecule has 0 radical (unpaired) electrons. The van der Waals surface area contributed by atoms with Crippen molar-refractivity contribution in [3.05, 3.63) is 40.5 Å². The quantitative estimate of drug-likeness (QED) is 0.396. The molecule has 1 N–H and O–H groups in total. The summed E-state index contributed by atoms with van der Waals surface area (Å²) in [7, 11) is 0. The zero-order chi connectivity index (χ0) is 15.4. The maximum absolute atomic E-state index is 11.3. The van der Waals surface area contributed by atoms with Crippen LogP contribution in [0.3, 0.4) is 0 Å². The first-order valence-corrected chi connectivity index (χ1v) is 8.26. The predicted molar refractivity (Wildman–Crippen MR) is 83.2 cm³/mol. The van der Waals surface area contributed by atoms with Crippen molar-refractivity contribution in [2.45, 2.75) is 48.6 Å². The lowest BCUT2D eigenvalue weighted by atomic mass is 9.48. The largest absolute Gasteiger partial charge is 0.389 e. The van der Waals surface area contributed by atoms with Gasteiger partial charge in [0.1, 0.15) is 0 Å². The number of rotatable bonds is 3. The van der Waals surface area contributed by atoms with Gasteiger partial charge in [0.25, 0.3) is 0 Å². The number of alkyl halides is 1. The molecule has 6 atom stereocenters. The van der Waals surface area contributed by atoms with Crippen molar-refractivity contribution in [2.75, 3.05) is 0 Å². The van der Waals surface area contributed by atoms with Crippen LogP contribution in [0.5, 0.6) is 0 Å². The molecule has 4 bridgehead atoms. The van der Waals surface area contributed by atoms with Crippen LogP contribution in [0, 0.1) is 17.8 Å². The van der Waals surface area contributed by atoms with Gasteiger partial charge in [-0.25, -0.2) is 0 Å². The van der Waals surface area contributed by atoms with Gasteiger partial charge in [-0.1, -0.05) is 11.2 Å². The molecule has 116 valence electrons. The third kappa shape index (κ3) is 2.11. The highest BCUT2D eigenvalue weighted by molar-refractivity contribution is 6.24. The second-order valence-electron chi connectivity index (χ2n) is 7.37. The highest BCUT2D eigenvalue weighted by Gasteiger charge is 2.63. The van der Waals surface area contributed by atoms with E-state index in [1.165, 1.54) is 0 Å². The van der Waals surface area contributed by atoms with Crippen LogP contribution in [0.2, 0.25) is 0 Å². The number of hydrogen-bond acceptors (Lipinski definition) is 3. The van der Waals surface area contributed by atoms with E-state index >= 15 is 0 Å². The van der Waals surface area contributed by atoms with E-state index in [2.05, 4.69) is 15.0 Å². The van der Waals surface area contributed by atoms with Crippen LogP contribution in [-0.4, -0.2) is 20.6 Å². The number of aliphatic hydroxyl groups is 1. The van der Waals surface area contributed by atoms with E-state index in [1.807, 2.05) is 12.1 Å². The van der Waals surface area contributed by atoms with Gasteiger partial charge in [-0.15, -0.1) is 11.6 Å². The lowest BCUT2D eigenvalue weighted by Gasteiger charge is -2.63. The minimum atomic E-state index is -0.819. The SMILES string of the molecule is [N-]=[N+]=NC(c1cccnc1)C1C2CC3CC(Cl)(C2)CC1(O)C3. The highest BCUT2D eigenvalue weighted by Crippen LogP contribution is 2.65. The van der Waals surface area contributed by atoms with Gasteiger partial charge >= 0.3 is 0 Å². The Morgan fingerprint density at radius 3 is 2.95 bits per heavy atom. The van der Waals surface area contributed by atoms with Crippen molar-refractivity contribution in [3.8, 4) is 0 Å². The van der Waals surface area contributed by atoms with Crippen LogP contribution in [0.15, 0.2) is 29.6 Å². The number of aromatic nitrogens is 1. The summed E-state index contributed by atoms with van der Waals surface area (Å²) >= 11 is 6.74. The molecule has 6 heteroatoms. The van der Waals surface area contributed by atoms with Crippen LogP contribution in [0.25, 0.3) is 10.4 Å². The average Bonchev–Trinajstić information content (AvgIpc) is 2.44. The molecule has 6 unspecified atom stereocenters. The zero-order valence-corrected chi connectivity index (χ0v) is 13.0. The number of nitrogens with zero attached hydrogens (tertiary/aromatic N) is 4. The Bertz CT molecular complexity index is 634. The van der Waals surface area contributed by atoms with Crippen LogP contribution in [0.1, 0.15) is 43.7 Å². The number of halogens is 1. The van der Waals surface area contributed by atoms with Crippen molar-refractivity contribution in [1.82, 2.24) is 4.98 Å². The maximum atomic E-state index is 11.3. The van der Waals surface area contributed by atoms with Gasteiger partial charge in [-0.3, -0.25) is 4.98 Å². The van der Waals surface area contributed by atoms with Crippen molar-refractivity contribution in [3.63, 3.8) is 0 Å². The summed E-state index contributed by atoms with van der Waals surface area (Å²) in [6.07, 6.45) is 7.84. The fourth-order valence-electron chi connectivity index (χ4n) is 5.56. The van der Waals surface area contributed by atoms with Gasteiger partial charge in [0, 0.05) is 28.1 Å². The monoisotopic (exact) mass is 318 g/mol. The summed E-state index contributed by atoms with van der Waals surface area (Å²) in [6.45, 7) is 0. The zero-order valence-electron chi connectivity index (χ0n) is 12.3. The first-order chi connectivity index (χ1) is 10.5. The Kier molecular flexibility index (Phi) is 3.16. The minimum Gasteiger partial charge on any atom is -0.389 e. The van der Waals surface area contributed by atoms with E-state index < -0.39 is 5.60 Å². The van der Waals surface area contributed by atoms with Crippen LogP contribution >= 0.6 is 11.6 Å². The summed E-state index contributed by atoms with van der Waals surface area (Å²) in [4.78, 5) is 6.94. The summed E-state index contributed by atoms with van der Waals surface area (Å²) in [5, 5.41) is 15.3. The Hall–Kier alpha value is -1.29. The second kappa shape index (κ2) is 4.85. The standard InChI is InChI=1S/C16H19ClN4O/c17-15-5-10-4-12(7-15)13(16(22,6-10)9-15)14(20-21-18)11-2-1-3-19-8-11/h1-3,8,10,12-14,22H,4-7,9H2. The topological polar surface area (TPSA) is 81.9 Å². The van der Waals surface area contributed by atoms with Crippen molar-refractivity contribution >= 4 is 11.6 Å². The lowest BCUT2D eigenvalue weighted by Crippen LogP contribution is -2.63. The van der Waals surface area contributed by atoms with Gasteiger partial charge in [-0.2, -0.15) is 0 Å². The summed E-state index contributed by atoms with van der Waals surface area (Å²) in [5.74, 6) is 0.766. The molecule has 4 saturated carbocycles. The molecule has 1 heterocycles. The van der Waals surface area contributed by atoms with E-state index in [9.17, 15) is 5.11 Å². The summed E-state index contributed by atoms with van der Waals surface area (Å²) < 4.78 is 0. The number of azide groups is 1. The van der Waals surface area contributed by atoms with E-state index in [-0.39, 0.29) is 16.8 Å². The van der Waals surface area contributed by atoms with E-state index in [0.717, 1.165) is 31.2 Å². The number of pyridine rings is 1. The fraction of sp³-hybridized carbons (Fsp3) is 0.688. The van der Waals surface area contributed by atoms with Crippen molar-refractivity contribution < 1.29 is 5.11 Å². The Labute approximate surface area is 134 Å². The molecular formula is C16H19ClN4O. The highest BCUT2D eigenvalue weighted by atomic mass is 35.5. The predicted octanol–water partition coefficient (Wildman–Crippen LogP) is 3.98. The molecule has 22 heavy (non-hydrogen) atoms. The minimum absolute atomic E-state index is 0.0592. The van der Waals surface area contributed by atoms with Crippen LogP contribution in [-0.2, 0) is 0 Å². The van der Waals surface area contributed by atoms with Crippen LogP contribution in [0.4, 0.5) is 0 Å². The molecule has 0 aromatic carbocycles. The maximum Gasteiger partial charge on any atom is 0.0705 e.